The molecule has 2 aliphatic heterocycles. The lowest BCUT2D eigenvalue weighted by Gasteiger charge is -2.37. The van der Waals surface area contributed by atoms with E-state index in [0.717, 1.165) is 23.5 Å². The van der Waals surface area contributed by atoms with Crippen molar-refractivity contribution in [1.29, 1.82) is 0 Å². The van der Waals surface area contributed by atoms with Crippen LogP contribution in [0.1, 0.15) is 80.9 Å². The fraction of sp³-hybridized carbons (Fsp3) is 0.173. The Morgan fingerprint density at radius 1 is 0.519 bits per heavy atom. The van der Waals surface area contributed by atoms with Crippen LogP contribution in [-0.2, 0) is 59.2 Å². The molecule has 0 radical (unpaired) electrons. The van der Waals surface area contributed by atoms with Gasteiger partial charge in [-0.2, -0.15) is 4.57 Å². The number of phosphoric ester groups is 1. The second kappa shape index (κ2) is 31.7. The van der Waals surface area contributed by atoms with Crippen LogP contribution in [0.25, 0.3) is 11.2 Å². The zero-order valence-electron chi connectivity index (χ0n) is 55.9. The largest absolute Gasteiger partial charge is 0.497 e. The van der Waals surface area contributed by atoms with Gasteiger partial charge in [-0.1, -0.05) is 146 Å². The normalized spacial score (nSPS) is 19.2. The first-order chi connectivity index (χ1) is 51.2. The van der Waals surface area contributed by atoms with E-state index in [9.17, 15) is 48.2 Å². The van der Waals surface area contributed by atoms with E-state index < -0.39 is 123 Å². The molecule has 0 spiro atoms. The number of imidazole rings is 1. The average Bonchev–Trinajstić information content (AvgIpc) is 1.50. The summed E-state index contributed by atoms with van der Waals surface area (Å²) in [5.74, 6) is -4.04. The summed E-state index contributed by atoms with van der Waals surface area (Å²) in [6.45, 7) is -6.91. The minimum Gasteiger partial charge on any atom is -0.497 e. The Balaban J connectivity index is 0.910. The van der Waals surface area contributed by atoms with Gasteiger partial charge in [-0.3, -0.25) is 41.9 Å². The fourth-order valence-corrected chi connectivity index (χ4v) is 14.2. The van der Waals surface area contributed by atoms with Crippen LogP contribution in [0, 0.1) is 0 Å². The zero-order valence-corrected chi connectivity index (χ0v) is 58.5. The molecule has 28 nitrogen and oxygen atoms in total. The van der Waals surface area contributed by atoms with E-state index in [1.807, 2.05) is 0 Å². The number of amides is 2. The van der Waals surface area contributed by atoms with Crippen LogP contribution < -0.4 is 25.6 Å². The van der Waals surface area contributed by atoms with Crippen LogP contribution in [0.2, 0.25) is 0 Å². The van der Waals surface area contributed by atoms with Crippen molar-refractivity contribution in [2.75, 3.05) is 32.3 Å². The quantitative estimate of drug-likeness (QED) is 0.0207. The van der Waals surface area contributed by atoms with Crippen LogP contribution in [0.5, 0.6) is 11.5 Å². The summed E-state index contributed by atoms with van der Waals surface area (Å²) in [7, 11) is -2.90. The standard InChI is InChI=1S/C75H63N7O21P2S/c1-94-55-37-33-53(34-38-55)75(52-31-19-8-20-32-52,54-35-39-56(95-2)40-36-54)96-43-57-62(64(103-105(92,93)106)71(98-57)79-42-41-59(83)81(74(79)89)67(84)47-21-9-3-10-22-47)102-104(90,91)97-44-58-61(100-72(87)50-27-15-6-16-28-50)63(101-73(88)51-29-17-7-18-30-51)70(99-58)80-46-78-60-65(80)76-45-77-66(60)82(68(85)48-23-11-4-12-24-48)69(86)49-25-13-5-14-26-49/h3-42,45-46,57-58,61-64,70-71H,43-44H2,1-2H3,(H,90,91)(H2,92,93,106)/t57-,58-,61-,62-,63-,64-,70-,71-/m1/s1. The number of aromatic nitrogens is 6. The van der Waals surface area contributed by atoms with Gasteiger partial charge in [-0.15, -0.1) is 0 Å². The number of benzene rings is 8. The van der Waals surface area contributed by atoms with E-state index in [1.54, 1.807) is 158 Å². The van der Waals surface area contributed by atoms with Crippen molar-refractivity contribution in [3.05, 3.63) is 321 Å². The van der Waals surface area contributed by atoms with Gasteiger partial charge < -0.3 is 47.8 Å². The molecule has 8 aromatic carbocycles. The van der Waals surface area contributed by atoms with Gasteiger partial charge in [0.1, 0.15) is 47.8 Å². The predicted molar refractivity (Wildman–Crippen MR) is 382 cm³/mol. The number of anilines is 1. The Morgan fingerprint density at radius 2 is 0.972 bits per heavy atom. The van der Waals surface area contributed by atoms with Crippen LogP contribution in [0.4, 0.5) is 5.82 Å². The van der Waals surface area contributed by atoms with Gasteiger partial charge in [0.25, 0.3) is 23.3 Å². The van der Waals surface area contributed by atoms with E-state index in [1.165, 1.54) is 97.9 Å². The molecular weight excluding hydrogens is 1430 g/mol. The zero-order chi connectivity index (χ0) is 74.3. The molecule has 0 bridgehead atoms. The van der Waals surface area contributed by atoms with Crippen molar-refractivity contribution in [2.24, 2.45) is 0 Å². The van der Waals surface area contributed by atoms with E-state index in [0.29, 0.717) is 32.8 Å². The molecule has 106 heavy (non-hydrogen) atoms. The monoisotopic (exact) mass is 1490 g/mol. The summed E-state index contributed by atoms with van der Waals surface area (Å²) in [4.78, 5) is 150. The smallest absolute Gasteiger partial charge is 0.472 e. The van der Waals surface area contributed by atoms with Gasteiger partial charge in [0.2, 0.25) is 0 Å². The molecule has 5 heterocycles. The third kappa shape index (κ3) is 15.5. The van der Waals surface area contributed by atoms with E-state index >= 15 is 4.57 Å². The highest BCUT2D eigenvalue weighted by Crippen LogP contribution is 2.54. The SMILES string of the molecule is COc1ccc(C(OC[C@H]2O[C@@H](n3ccc(=O)n(C(=O)c4ccccc4)c3=O)[C@H](OP(O)(O)=S)[C@@H]2OP(=O)(O)OC[C@H]2O[C@@H](n3cnc4c(N(C(=O)c5ccccc5)C(=O)c5ccccc5)ncnc43)[C@H](OC(=O)c3ccccc3)[C@@H]2OC(=O)c2ccccc2)(c2ccccc2)c2ccc(OC)cc2)cc1. The van der Waals surface area contributed by atoms with Gasteiger partial charge in [0.05, 0.1) is 44.9 Å². The van der Waals surface area contributed by atoms with Crippen molar-refractivity contribution in [1.82, 2.24) is 28.7 Å². The molecule has 2 saturated heterocycles. The summed E-state index contributed by atoms with van der Waals surface area (Å²) >= 11 is 5.07. The predicted octanol–water partition coefficient (Wildman–Crippen LogP) is 9.39. The first-order valence-corrected chi connectivity index (χ1v) is 36.7. The molecule has 11 aromatic rings. The Kier molecular flexibility index (Phi) is 21.9. The first-order valence-electron chi connectivity index (χ1n) is 32.6. The highest BCUT2D eigenvalue weighted by atomic mass is 32.5. The number of methoxy groups -OCH3 is 2. The lowest BCUT2D eigenvalue weighted by Crippen LogP contribution is -2.46. The van der Waals surface area contributed by atoms with E-state index in [4.69, 9.17) is 58.5 Å². The number of ether oxygens (including phenoxy) is 7. The first kappa shape index (κ1) is 73.2. The number of imide groups is 1. The van der Waals surface area contributed by atoms with Gasteiger partial charge in [0, 0.05) is 29.0 Å². The van der Waals surface area contributed by atoms with E-state index in [-0.39, 0.29) is 49.4 Å². The maximum atomic E-state index is 15.4. The Morgan fingerprint density at radius 3 is 1.47 bits per heavy atom. The number of hydrogen-bond donors (Lipinski definition) is 3. The topological polar surface area (TPSA) is 346 Å². The Labute approximate surface area is 607 Å². The van der Waals surface area contributed by atoms with Gasteiger partial charge in [-0.25, -0.2) is 38.8 Å². The summed E-state index contributed by atoms with van der Waals surface area (Å²) < 4.78 is 79.7. The van der Waals surface area contributed by atoms with Crippen LogP contribution in [-0.4, -0.2) is 137 Å². The third-order valence-electron chi connectivity index (χ3n) is 17.4. The van der Waals surface area contributed by atoms with Crippen molar-refractivity contribution in [3.8, 4) is 11.5 Å². The molecule has 2 amide bonds. The summed E-state index contributed by atoms with van der Waals surface area (Å²) in [6.07, 6.45) is -12.2. The second-order valence-corrected chi connectivity index (χ2v) is 27.9. The van der Waals surface area contributed by atoms with Crippen molar-refractivity contribution >= 4 is 73.0 Å². The van der Waals surface area contributed by atoms with Crippen LogP contribution in [0.15, 0.2) is 265 Å². The molecule has 9 atom stereocenters. The van der Waals surface area contributed by atoms with Crippen LogP contribution in [0.3, 0.4) is 0 Å². The average molecular weight is 1490 g/mol. The summed E-state index contributed by atoms with van der Waals surface area (Å²) in [5.41, 5.74) is -2.89. The molecule has 540 valence electrons. The maximum absolute atomic E-state index is 15.4. The molecule has 0 saturated carbocycles. The molecule has 3 aromatic heterocycles. The van der Waals surface area contributed by atoms with Gasteiger partial charge >= 0.3 is 32.2 Å². The lowest BCUT2D eigenvalue weighted by molar-refractivity contribution is -0.0963. The van der Waals surface area contributed by atoms with Crippen molar-refractivity contribution in [2.45, 2.75) is 54.7 Å². The summed E-state index contributed by atoms with van der Waals surface area (Å²) in [6, 6.07) is 61.7. The second-order valence-electron chi connectivity index (χ2n) is 23.9. The lowest BCUT2D eigenvalue weighted by atomic mass is 9.80. The highest BCUT2D eigenvalue weighted by molar-refractivity contribution is 8.06. The number of rotatable bonds is 25. The highest BCUT2D eigenvalue weighted by Gasteiger charge is 2.56. The fourth-order valence-electron chi connectivity index (χ4n) is 12.4. The Hall–Kier alpha value is -11.1. The molecule has 2 aliphatic rings. The number of fused-ring (bicyclic) bond motifs is 1. The number of phosphoric acid groups is 1. The minimum absolute atomic E-state index is 0.00984. The van der Waals surface area contributed by atoms with Crippen LogP contribution >= 0.6 is 14.5 Å². The summed E-state index contributed by atoms with van der Waals surface area (Å²) in [5, 5.41) is 0. The number of carbonyl (C=O) groups excluding carboxylic acids is 5. The minimum atomic E-state index is -5.88. The molecule has 3 N–H and O–H groups in total. The maximum Gasteiger partial charge on any atom is 0.472 e. The molecule has 13 rings (SSSR count). The van der Waals surface area contributed by atoms with Crippen molar-refractivity contribution < 1.29 is 89.9 Å². The molecular formula is C75H63N7O21P2S. The molecule has 0 aliphatic carbocycles. The Bertz CT molecular complexity index is 5130. The number of nitrogens with zero attached hydrogens (tertiary/aromatic N) is 7. The molecule has 31 heteroatoms. The van der Waals surface area contributed by atoms with Gasteiger partial charge in [0.15, 0.2) is 41.6 Å². The third-order valence-corrected chi connectivity index (χ3v) is 19.2. The number of hydrogen-bond acceptors (Lipinski definition) is 22. The van der Waals surface area contributed by atoms with Gasteiger partial charge in [-0.05, 0) is 113 Å². The number of esters is 2. The molecule has 1 unspecified atom stereocenters. The molecule has 2 fully saturated rings. The van der Waals surface area contributed by atoms with Crippen molar-refractivity contribution in [3.63, 3.8) is 0 Å². The van der Waals surface area contributed by atoms with E-state index in [2.05, 4.69) is 15.0 Å². The number of carbonyl (C=O) groups is 5.